The number of amides is 1. The molecule has 1 N–H and O–H groups in total. The Bertz CT molecular complexity index is 492. The van der Waals surface area contributed by atoms with Crippen molar-refractivity contribution in [1.82, 2.24) is 10.3 Å². The monoisotopic (exact) mass is 323 g/mol. The zero-order valence-electron chi connectivity index (χ0n) is 11.4. The molecule has 5 nitrogen and oxygen atoms in total. The second-order valence-corrected chi connectivity index (χ2v) is 5.66. The highest BCUT2D eigenvalue weighted by Crippen LogP contribution is 2.36. The fraction of sp³-hybridized carbons (Fsp3) is 0.667. The first-order chi connectivity index (χ1) is 9.90. The van der Waals surface area contributed by atoms with Crippen molar-refractivity contribution in [3.8, 4) is 0 Å². The molecule has 1 saturated heterocycles. The summed E-state index contributed by atoms with van der Waals surface area (Å²) in [6, 6.07) is -0.143. The number of halogens is 3. The van der Waals surface area contributed by atoms with E-state index < -0.39 is 17.1 Å². The highest BCUT2D eigenvalue weighted by molar-refractivity contribution is 7.15. The van der Waals surface area contributed by atoms with E-state index in [1.807, 2.05) is 0 Å². The Morgan fingerprint density at radius 2 is 2.38 bits per heavy atom. The van der Waals surface area contributed by atoms with Gasteiger partial charge in [-0.3, -0.25) is 0 Å². The summed E-state index contributed by atoms with van der Waals surface area (Å²) >= 11 is 0.623. The third-order valence-corrected chi connectivity index (χ3v) is 4.17. The molecule has 2 heterocycles. The van der Waals surface area contributed by atoms with Gasteiger partial charge in [-0.05, 0) is 19.8 Å². The molecule has 0 radical (unpaired) electrons. The largest absolute Gasteiger partial charge is 0.450 e. The van der Waals surface area contributed by atoms with Crippen LogP contribution in [0.1, 0.15) is 24.6 Å². The lowest BCUT2D eigenvalue weighted by atomic mass is 10.1. The summed E-state index contributed by atoms with van der Waals surface area (Å²) in [6.45, 7) is 3.06. The number of nitrogens with one attached hydrogen (secondary N) is 1. The SMILES string of the molecule is CCOC(=O)NC1CCCN(c2ncc(C(F)(F)F)s2)C1. The van der Waals surface area contributed by atoms with Crippen LogP contribution in [0, 0.1) is 0 Å². The Balaban J connectivity index is 1.97. The molecule has 118 valence electrons. The number of anilines is 1. The number of carbonyl (C=O) groups excluding carboxylic acids is 1. The Hall–Kier alpha value is -1.51. The molecule has 1 atom stereocenters. The van der Waals surface area contributed by atoms with Gasteiger partial charge in [0.1, 0.15) is 4.88 Å². The standard InChI is InChI=1S/C12H16F3N3O2S/c1-2-20-11(19)17-8-4-3-5-18(7-8)10-16-6-9(21-10)12(13,14)15/h6,8H,2-5,7H2,1H3,(H,17,19). The van der Waals surface area contributed by atoms with E-state index in [1.54, 1.807) is 11.8 Å². The minimum absolute atomic E-state index is 0.143. The van der Waals surface area contributed by atoms with Crippen molar-refractivity contribution in [2.75, 3.05) is 24.6 Å². The van der Waals surface area contributed by atoms with Crippen molar-refractivity contribution in [1.29, 1.82) is 0 Å². The van der Waals surface area contributed by atoms with Gasteiger partial charge in [0.05, 0.1) is 12.8 Å². The molecule has 1 aromatic rings. The number of aromatic nitrogens is 1. The molecule has 2 rings (SSSR count). The molecule has 1 fully saturated rings. The molecule has 9 heteroatoms. The van der Waals surface area contributed by atoms with Crippen LogP contribution in [0.5, 0.6) is 0 Å². The quantitative estimate of drug-likeness (QED) is 0.929. The van der Waals surface area contributed by atoms with Crippen molar-refractivity contribution in [2.24, 2.45) is 0 Å². The van der Waals surface area contributed by atoms with E-state index in [0.29, 0.717) is 29.6 Å². The second-order valence-electron chi connectivity index (χ2n) is 4.65. The summed E-state index contributed by atoms with van der Waals surface area (Å²) in [4.78, 5) is 16.3. The van der Waals surface area contributed by atoms with Crippen LogP contribution < -0.4 is 10.2 Å². The highest BCUT2D eigenvalue weighted by atomic mass is 32.1. The average Bonchev–Trinajstić information content (AvgIpc) is 2.88. The topological polar surface area (TPSA) is 54.5 Å². The molecule has 1 aliphatic heterocycles. The molecule has 0 spiro atoms. The lowest BCUT2D eigenvalue weighted by Crippen LogP contribution is -2.48. The first-order valence-electron chi connectivity index (χ1n) is 6.61. The van der Waals surface area contributed by atoms with Gasteiger partial charge >= 0.3 is 12.3 Å². The molecule has 1 amide bonds. The predicted molar refractivity (Wildman–Crippen MR) is 72.5 cm³/mol. The third kappa shape index (κ3) is 4.23. The van der Waals surface area contributed by atoms with Crippen LogP contribution in [0.25, 0.3) is 0 Å². The van der Waals surface area contributed by atoms with Gasteiger partial charge in [0, 0.05) is 19.1 Å². The van der Waals surface area contributed by atoms with Gasteiger partial charge in [-0.2, -0.15) is 13.2 Å². The number of hydrogen-bond donors (Lipinski definition) is 1. The Kier molecular flexibility index (Phi) is 4.92. The number of hydrogen-bond acceptors (Lipinski definition) is 5. The molecule has 21 heavy (non-hydrogen) atoms. The lowest BCUT2D eigenvalue weighted by molar-refractivity contribution is -0.134. The number of alkyl halides is 3. The van der Waals surface area contributed by atoms with Crippen molar-refractivity contribution >= 4 is 22.6 Å². The number of nitrogens with zero attached hydrogens (tertiary/aromatic N) is 2. The van der Waals surface area contributed by atoms with Crippen LogP contribution in [0.3, 0.4) is 0 Å². The van der Waals surface area contributed by atoms with Crippen LogP contribution in [-0.2, 0) is 10.9 Å². The second kappa shape index (κ2) is 6.50. The average molecular weight is 323 g/mol. The van der Waals surface area contributed by atoms with Crippen LogP contribution in [0.2, 0.25) is 0 Å². The molecule has 1 aromatic heterocycles. The van der Waals surface area contributed by atoms with E-state index in [-0.39, 0.29) is 12.6 Å². The fourth-order valence-corrected chi connectivity index (χ4v) is 2.97. The Morgan fingerprint density at radius 1 is 1.62 bits per heavy atom. The summed E-state index contributed by atoms with van der Waals surface area (Å²) < 4.78 is 42.5. The van der Waals surface area contributed by atoms with E-state index in [4.69, 9.17) is 4.74 Å². The van der Waals surface area contributed by atoms with E-state index in [2.05, 4.69) is 10.3 Å². The van der Waals surface area contributed by atoms with Crippen LogP contribution in [0.15, 0.2) is 6.20 Å². The van der Waals surface area contributed by atoms with Gasteiger partial charge in [-0.1, -0.05) is 11.3 Å². The molecule has 0 aromatic carbocycles. The smallest absolute Gasteiger partial charge is 0.427 e. The molecule has 0 aliphatic carbocycles. The van der Waals surface area contributed by atoms with Gasteiger partial charge in [0.2, 0.25) is 0 Å². The van der Waals surface area contributed by atoms with Gasteiger partial charge in [0.15, 0.2) is 5.13 Å². The maximum atomic E-state index is 12.6. The maximum Gasteiger partial charge on any atom is 0.427 e. The van der Waals surface area contributed by atoms with Crippen molar-refractivity contribution in [3.05, 3.63) is 11.1 Å². The number of thiazole rings is 1. The summed E-state index contributed by atoms with van der Waals surface area (Å²) in [7, 11) is 0. The summed E-state index contributed by atoms with van der Waals surface area (Å²) in [5.41, 5.74) is 0. The molecular weight excluding hydrogens is 307 g/mol. The van der Waals surface area contributed by atoms with E-state index in [9.17, 15) is 18.0 Å². The molecule has 0 bridgehead atoms. The molecular formula is C12H16F3N3O2S. The number of piperidine rings is 1. The minimum Gasteiger partial charge on any atom is -0.450 e. The highest BCUT2D eigenvalue weighted by Gasteiger charge is 2.34. The number of ether oxygens (including phenoxy) is 1. The molecule has 0 saturated carbocycles. The Labute approximate surface area is 124 Å². The lowest BCUT2D eigenvalue weighted by Gasteiger charge is -2.32. The predicted octanol–water partition coefficient (Wildman–Crippen LogP) is 2.88. The molecule has 1 aliphatic rings. The van der Waals surface area contributed by atoms with E-state index in [0.717, 1.165) is 19.0 Å². The summed E-state index contributed by atoms with van der Waals surface area (Å²) in [5, 5.41) is 3.04. The van der Waals surface area contributed by atoms with E-state index in [1.165, 1.54) is 0 Å². The van der Waals surface area contributed by atoms with Crippen LogP contribution in [0.4, 0.5) is 23.1 Å². The maximum absolute atomic E-state index is 12.6. The van der Waals surface area contributed by atoms with Gasteiger partial charge in [0.25, 0.3) is 0 Å². The summed E-state index contributed by atoms with van der Waals surface area (Å²) in [5.74, 6) is 0. The minimum atomic E-state index is -4.37. The van der Waals surface area contributed by atoms with Crippen molar-refractivity contribution in [3.63, 3.8) is 0 Å². The number of carbonyl (C=O) groups is 1. The first kappa shape index (κ1) is 15.9. The van der Waals surface area contributed by atoms with Crippen LogP contribution in [-0.4, -0.2) is 36.8 Å². The first-order valence-corrected chi connectivity index (χ1v) is 7.43. The van der Waals surface area contributed by atoms with Gasteiger partial charge < -0.3 is 15.0 Å². The van der Waals surface area contributed by atoms with Crippen molar-refractivity contribution < 1.29 is 22.7 Å². The fourth-order valence-electron chi connectivity index (χ4n) is 2.15. The molecule has 1 unspecified atom stereocenters. The Morgan fingerprint density at radius 3 is 3.00 bits per heavy atom. The zero-order valence-corrected chi connectivity index (χ0v) is 12.3. The number of alkyl carbamates (subject to hydrolysis) is 1. The van der Waals surface area contributed by atoms with Crippen LogP contribution >= 0.6 is 11.3 Å². The third-order valence-electron chi connectivity index (χ3n) is 3.06. The van der Waals surface area contributed by atoms with E-state index >= 15 is 0 Å². The normalized spacial score (nSPS) is 19.4. The summed E-state index contributed by atoms with van der Waals surface area (Å²) in [6.07, 6.45) is -2.47. The number of rotatable bonds is 3. The van der Waals surface area contributed by atoms with Crippen molar-refractivity contribution in [2.45, 2.75) is 32.0 Å². The zero-order chi connectivity index (χ0) is 15.5. The van der Waals surface area contributed by atoms with Gasteiger partial charge in [-0.25, -0.2) is 9.78 Å². The van der Waals surface area contributed by atoms with Gasteiger partial charge in [-0.15, -0.1) is 0 Å².